The van der Waals surface area contributed by atoms with Crippen molar-refractivity contribution in [2.24, 2.45) is 0 Å². The average Bonchev–Trinajstić information content (AvgIpc) is 2.31. The molecule has 0 amide bonds. The van der Waals surface area contributed by atoms with Gasteiger partial charge in [0.05, 0.1) is 5.56 Å². The molecule has 0 spiro atoms. The van der Waals surface area contributed by atoms with Crippen molar-refractivity contribution in [2.45, 2.75) is 19.1 Å². The summed E-state index contributed by atoms with van der Waals surface area (Å²) in [7, 11) is 0.240. The highest BCUT2D eigenvalue weighted by molar-refractivity contribution is 6.81. The van der Waals surface area contributed by atoms with E-state index in [1.165, 1.54) is 20.3 Å². The molecule has 1 rings (SSSR count). The van der Waals surface area contributed by atoms with Crippen LogP contribution in [0.2, 0.25) is 6.04 Å². The largest absolute Gasteiger partial charge is 0.416 e. The molecule has 0 saturated carbocycles. The summed E-state index contributed by atoms with van der Waals surface area (Å²) in [5.74, 6) is 0. The molecule has 6 heteroatoms. The number of halogens is 3. The fourth-order valence-corrected chi connectivity index (χ4v) is 4.09. The lowest BCUT2D eigenvalue weighted by atomic mass is 10.2. The van der Waals surface area contributed by atoms with E-state index in [0.29, 0.717) is 11.2 Å². The van der Waals surface area contributed by atoms with Crippen LogP contribution < -0.4 is 5.19 Å². The number of hydrogen-bond donors (Lipinski definition) is 0. The molecule has 1 aromatic rings. The van der Waals surface area contributed by atoms with Crippen molar-refractivity contribution in [1.82, 2.24) is 0 Å². The second kappa shape index (κ2) is 5.20. The Balaban J connectivity index is 3.23. The predicted molar refractivity (Wildman–Crippen MR) is 61.3 cm³/mol. The average molecular weight is 264 g/mol. The Morgan fingerprint density at radius 3 is 2.18 bits per heavy atom. The number of hydrogen-bond acceptors (Lipinski definition) is 2. The highest BCUT2D eigenvalue weighted by atomic mass is 28.4. The van der Waals surface area contributed by atoms with Gasteiger partial charge in [-0.05, 0) is 17.3 Å². The molecule has 96 valence electrons. The second-order valence-electron chi connectivity index (χ2n) is 3.59. The molecule has 0 bridgehead atoms. The minimum Gasteiger partial charge on any atom is -0.394 e. The fraction of sp³-hybridized carbons (Fsp3) is 0.455. The highest BCUT2D eigenvalue weighted by Gasteiger charge is 2.38. The summed E-state index contributed by atoms with van der Waals surface area (Å²) in [4.78, 5) is 0. The normalized spacial score (nSPS) is 12.8. The highest BCUT2D eigenvalue weighted by Crippen LogP contribution is 2.29. The summed E-state index contributed by atoms with van der Waals surface area (Å²) in [6, 6.07) is 5.72. The SMILES string of the molecule is CC[Si](OC)(OC)c1cccc(C(F)(F)F)c1. The van der Waals surface area contributed by atoms with Gasteiger partial charge in [0.2, 0.25) is 0 Å². The quantitative estimate of drug-likeness (QED) is 0.778. The molecule has 0 N–H and O–H groups in total. The topological polar surface area (TPSA) is 18.5 Å². The van der Waals surface area contributed by atoms with Crippen molar-refractivity contribution in [3.8, 4) is 0 Å². The summed E-state index contributed by atoms with van der Waals surface area (Å²) in [5.41, 5.74) is -0.672. The first-order valence-electron chi connectivity index (χ1n) is 5.17. The summed E-state index contributed by atoms with van der Waals surface area (Å²) in [5, 5.41) is 0.500. The molecular formula is C11H15F3O2Si. The van der Waals surface area contributed by atoms with E-state index in [0.717, 1.165) is 12.1 Å². The molecule has 0 unspecified atom stereocenters. The Kier molecular flexibility index (Phi) is 4.35. The first kappa shape index (κ1) is 14.2. The van der Waals surface area contributed by atoms with Gasteiger partial charge in [0, 0.05) is 14.2 Å². The molecule has 0 aliphatic carbocycles. The maximum atomic E-state index is 12.6. The van der Waals surface area contributed by atoms with Crippen LogP contribution in [0.15, 0.2) is 24.3 Å². The van der Waals surface area contributed by atoms with Crippen LogP contribution in [0, 0.1) is 0 Å². The monoisotopic (exact) mass is 264 g/mol. The van der Waals surface area contributed by atoms with E-state index in [4.69, 9.17) is 8.85 Å². The van der Waals surface area contributed by atoms with Crippen LogP contribution in [-0.4, -0.2) is 22.8 Å². The van der Waals surface area contributed by atoms with Crippen LogP contribution in [-0.2, 0) is 15.0 Å². The maximum Gasteiger partial charge on any atom is 0.416 e. The van der Waals surface area contributed by atoms with Gasteiger partial charge >= 0.3 is 14.7 Å². The van der Waals surface area contributed by atoms with E-state index in [1.54, 1.807) is 6.07 Å². The lowest BCUT2D eigenvalue weighted by Crippen LogP contribution is -2.52. The molecule has 0 radical (unpaired) electrons. The minimum absolute atomic E-state index is 0.500. The third kappa shape index (κ3) is 2.88. The summed E-state index contributed by atoms with van der Waals surface area (Å²) in [6.07, 6.45) is -4.34. The Morgan fingerprint density at radius 1 is 1.18 bits per heavy atom. The Bertz CT molecular complexity index is 367. The number of alkyl halides is 3. The fourth-order valence-electron chi connectivity index (χ4n) is 1.74. The van der Waals surface area contributed by atoms with Crippen LogP contribution in [0.5, 0.6) is 0 Å². The van der Waals surface area contributed by atoms with Gasteiger partial charge in [-0.3, -0.25) is 0 Å². The van der Waals surface area contributed by atoms with E-state index in [9.17, 15) is 13.2 Å². The van der Waals surface area contributed by atoms with Crippen molar-refractivity contribution in [3.63, 3.8) is 0 Å². The van der Waals surface area contributed by atoms with E-state index < -0.39 is 20.3 Å². The van der Waals surface area contributed by atoms with Crippen molar-refractivity contribution >= 4 is 13.7 Å². The van der Waals surface area contributed by atoms with Gasteiger partial charge in [-0.15, -0.1) is 0 Å². The number of rotatable bonds is 4. The summed E-state index contributed by atoms with van der Waals surface area (Å²) < 4.78 is 48.5. The Morgan fingerprint density at radius 2 is 1.76 bits per heavy atom. The lowest BCUT2D eigenvalue weighted by Gasteiger charge is -2.26. The van der Waals surface area contributed by atoms with Crippen molar-refractivity contribution in [3.05, 3.63) is 29.8 Å². The molecule has 0 atom stereocenters. The zero-order valence-corrected chi connectivity index (χ0v) is 11.0. The van der Waals surface area contributed by atoms with Gasteiger partial charge in [-0.2, -0.15) is 13.2 Å². The van der Waals surface area contributed by atoms with Crippen molar-refractivity contribution in [1.29, 1.82) is 0 Å². The van der Waals surface area contributed by atoms with E-state index in [1.807, 2.05) is 6.92 Å². The predicted octanol–water partition coefficient (Wildman–Crippen LogP) is 2.67. The summed E-state index contributed by atoms with van der Waals surface area (Å²) in [6.45, 7) is 1.85. The first-order chi connectivity index (χ1) is 7.89. The Hall–Kier alpha value is -0.853. The van der Waals surface area contributed by atoms with Crippen LogP contribution >= 0.6 is 0 Å². The molecule has 0 aliphatic heterocycles. The minimum atomic E-state index is -4.34. The van der Waals surface area contributed by atoms with Gasteiger partial charge in [-0.1, -0.05) is 25.1 Å². The molecule has 1 aromatic carbocycles. The zero-order valence-electron chi connectivity index (χ0n) is 9.97. The second-order valence-corrected chi connectivity index (χ2v) is 7.20. The third-order valence-electron chi connectivity index (χ3n) is 2.75. The molecule has 17 heavy (non-hydrogen) atoms. The smallest absolute Gasteiger partial charge is 0.394 e. The number of benzene rings is 1. The molecular weight excluding hydrogens is 249 g/mol. The molecule has 0 aromatic heterocycles. The van der Waals surface area contributed by atoms with Crippen LogP contribution in [0.3, 0.4) is 0 Å². The third-order valence-corrected chi connectivity index (χ3v) is 6.20. The van der Waals surface area contributed by atoms with Gasteiger partial charge in [0.25, 0.3) is 0 Å². The first-order valence-corrected chi connectivity index (χ1v) is 7.20. The zero-order chi connectivity index (χ0) is 13.1. The van der Waals surface area contributed by atoms with Crippen molar-refractivity contribution < 1.29 is 22.0 Å². The molecule has 2 nitrogen and oxygen atoms in total. The van der Waals surface area contributed by atoms with Crippen LogP contribution in [0.4, 0.5) is 13.2 Å². The van der Waals surface area contributed by atoms with Crippen molar-refractivity contribution in [2.75, 3.05) is 14.2 Å². The standard InChI is InChI=1S/C11H15F3O2Si/c1-4-17(15-2,16-3)10-7-5-6-9(8-10)11(12,13)14/h5-8H,4H2,1-3H3. The van der Waals surface area contributed by atoms with Gasteiger partial charge in [0.1, 0.15) is 0 Å². The maximum absolute atomic E-state index is 12.6. The van der Waals surface area contributed by atoms with E-state index in [2.05, 4.69) is 0 Å². The van der Waals surface area contributed by atoms with Crippen LogP contribution in [0.25, 0.3) is 0 Å². The Labute approximate surface area is 99.6 Å². The molecule has 0 aliphatic rings. The van der Waals surface area contributed by atoms with Gasteiger partial charge < -0.3 is 8.85 Å². The molecule has 0 saturated heterocycles. The van der Waals surface area contributed by atoms with Gasteiger partial charge in [-0.25, -0.2) is 0 Å². The van der Waals surface area contributed by atoms with E-state index in [-0.39, 0.29) is 0 Å². The van der Waals surface area contributed by atoms with Crippen LogP contribution in [0.1, 0.15) is 12.5 Å². The van der Waals surface area contributed by atoms with Gasteiger partial charge in [0.15, 0.2) is 0 Å². The van der Waals surface area contributed by atoms with E-state index >= 15 is 0 Å². The molecule has 0 heterocycles. The molecule has 0 fully saturated rings. The lowest BCUT2D eigenvalue weighted by molar-refractivity contribution is -0.137. The summed E-state index contributed by atoms with van der Waals surface area (Å²) >= 11 is 0.